The van der Waals surface area contributed by atoms with Crippen LogP contribution in [0.1, 0.15) is 42.1 Å². The van der Waals surface area contributed by atoms with Crippen molar-refractivity contribution in [2.75, 3.05) is 46.0 Å². The van der Waals surface area contributed by atoms with Crippen LogP contribution >= 0.6 is 11.6 Å². The average Bonchev–Trinajstić information content (AvgIpc) is 3.68. The van der Waals surface area contributed by atoms with Gasteiger partial charge in [-0.15, -0.1) is 0 Å². The van der Waals surface area contributed by atoms with Crippen molar-refractivity contribution in [3.63, 3.8) is 0 Å². The maximum atomic E-state index is 13.2. The number of morpholine rings is 1. The number of aromatic amines is 1. The SMILES string of the molecule is O=C(C1CC1)N1CCc2c([nH]c3ccc(Cl)cc23)C1c1ccc(OCCCN2CCOCC2)cc1. The highest BCUT2D eigenvalue weighted by Crippen LogP contribution is 2.42. The quantitative estimate of drug-likeness (QED) is 0.480. The largest absolute Gasteiger partial charge is 0.494 e. The normalized spacial score (nSPS) is 20.7. The van der Waals surface area contributed by atoms with Crippen LogP contribution in [0.3, 0.4) is 0 Å². The molecule has 2 aromatic carbocycles. The zero-order valence-corrected chi connectivity index (χ0v) is 20.7. The molecule has 1 saturated carbocycles. The standard InChI is InChI=1S/C28H32ClN3O3/c29-21-6-9-25-24(18-21)23-10-12-32(28(33)20-2-3-20)27(26(23)30-25)19-4-7-22(8-5-19)35-15-1-11-31-13-16-34-17-14-31/h4-9,18,20,27,30H,1-3,10-17H2. The first kappa shape index (κ1) is 22.9. The van der Waals surface area contributed by atoms with Crippen LogP contribution in [0.2, 0.25) is 5.02 Å². The highest BCUT2D eigenvalue weighted by molar-refractivity contribution is 6.31. The molecule has 1 amide bonds. The first-order valence-electron chi connectivity index (χ1n) is 12.8. The molecule has 0 radical (unpaired) electrons. The molecule has 0 bridgehead atoms. The summed E-state index contributed by atoms with van der Waals surface area (Å²) in [4.78, 5) is 21.4. The number of hydrogen-bond acceptors (Lipinski definition) is 4. The Morgan fingerprint density at radius 3 is 2.66 bits per heavy atom. The van der Waals surface area contributed by atoms with Crippen LogP contribution in [0.5, 0.6) is 5.75 Å². The van der Waals surface area contributed by atoms with E-state index < -0.39 is 0 Å². The van der Waals surface area contributed by atoms with Gasteiger partial charge < -0.3 is 19.4 Å². The van der Waals surface area contributed by atoms with Crippen molar-refractivity contribution in [3.05, 3.63) is 64.3 Å². The van der Waals surface area contributed by atoms with Gasteiger partial charge in [0.25, 0.3) is 0 Å². The van der Waals surface area contributed by atoms with Gasteiger partial charge in [0, 0.05) is 53.7 Å². The zero-order valence-electron chi connectivity index (χ0n) is 20.0. The Morgan fingerprint density at radius 2 is 1.89 bits per heavy atom. The number of aromatic nitrogens is 1. The maximum absolute atomic E-state index is 13.2. The number of H-pyrrole nitrogens is 1. The summed E-state index contributed by atoms with van der Waals surface area (Å²) < 4.78 is 11.4. The van der Waals surface area contributed by atoms with Crippen molar-refractivity contribution in [2.24, 2.45) is 5.92 Å². The van der Waals surface area contributed by atoms with E-state index >= 15 is 0 Å². The molecule has 35 heavy (non-hydrogen) atoms. The first-order chi connectivity index (χ1) is 17.2. The molecule has 1 unspecified atom stereocenters. The minimum Gasteiger partial charge on any atom is -0.494 e. The molecule has 1 N–H and O–H groups in total. The molecule has 184 valence electrons. The summed E-state index contributed by atoms with van der Waals surface area (Å²) in [6.45, 7) is 6.13. The molecule has 3 aliphatic rings. The van der Waals surface area contributed by atoms with Crippen molar-refractivity contribution in [1.29, 1.82) is 0 Å². The highest BCUT2D eigenvalue weighted by Gasteiger charge is 2.40. The van der Waals surface area contributed by atoms with E-state index in [9.17, 15) is 4.79 Å². The second kappa shape index (κ2) is 9.84. The number of nitrogens with one attached hydrogen (secondary N) is 1. The number of benzene rings is 2. The van der Waals surface area contributed by atoms with Crippen molar-refractivity contribution in [1.82, 2.24) is 14.8 Å². The smallest absolute Gasteiger partial charge is 0.226 e. The van der Waals surface area contributed by atoms with Crippen LogP contribution < -0.4 is 4.74 Å². The third kappa shape index (κ3) is 4.80. The Kier molecular flexibility index (Phi) is 6.44. The highest BCUT2D eigenvalue weighted by atomic mass is 35.5. The Balaban J connectivity index is 1.21. The lowest BCUT2D eigenvalue weighted by atomic mass is 9.92. The van der Waals surface area contributed by atoms with Crippen LogP contribution in [0.4, 0.5) is 0 Å². The third-order valence-electron chi connectivity index (χ3n) is 7.49. The summed E-state index contributed by atoms with van der Waals surface area (Å²) in [7, 11) is 0. The predicted molar refractivity (Wildman–Crippen MR) is 137 cm³/mol. The Hall–Kier alpha value is -2.54. The van der Waals surface area contributed by atoms with Crippen LogP contribution in [0.25, 0.3) is 10.9 Å². The number of nitrogens with zero attached hydrogens (tertiary/aromatic N) is 2. The summed E-state index contributed by atoms with van der Waals surface area (Å²) in [6.07, 6.45) is 3.85. The molecule has 6 rings (SSSR count). The summed E-state index contributed by atoms with van der Waals surface area (Å²) in [6, 6.07) is 14.2. The number of rotatable bonds is 7. The minimum atomic E-state index is -0.117. The fourth-order valence-electron chi connectivity index (χ4n) is 5.46. The van der Waals surface area contributed by atoms with E-state index in [4.69, 9.17) is 21.1 Å². The van der Waals surface area contributed by atoms with Gasteiger partial charge in [-0.2, -0.15) is 0 Å². The lowest BCUT2D eigenvalue weighted by molar-refractivity contribution is -0.134. The van der Waals surface area contributed by atoms with Gasteiger partial charge in [0.15, 0.2) is 0 Å². The molecular weight excluding hydrogens is 462 g/mol. The summed E-state index contributed by atoms with van der Waals surface area (Å²) in [5.41, 5.74) is 4.57. The third-order valence-corrected chi connectivity index (χ3v) is 7.72. The molecule has 7 heteroatoms. The molecule has 6 nitrogen and oxygen atoms in total. The van der Waals surface area contributed by atoms with Gasteiger partial charge in [0.1, 0.15) is 5.75 Å². The maximum Gasteiger partial charge on any atom is 0.226 e. The van der Waals surface area contributed by atoms with Crippen molar-refractivity contribution in [3.8, 4) is 5.75 Å². The molecule has 2 fully saturated rings. The van der Waals surface area contributed by atoms with Gasteiger partial charge in [0.05, 0.1) is 25.9 Å². The van der Waals surface area contributed by atoms with Gasteiger partial charge in [-0.05, 0) is 67.1 Å². The predicted octanol–water partition coefficient (Wildman–Crippen LogP) is 4.81. The monoisotopic (exact) mass is 493 g/mol. The van der Waals surface area contributed by atoms with Crippen molar-refractivity contribution in [2.45, 2.75) is 31.7 Å². The van der Waals surface area contributed by atoms with Crippen molar-refractivity contribution >= 4 is 28.4 Å². The Morgan fingerprint density at radius 1 is 1.09 bits per heavy atom. The molecule has 1 aliphatic carbocycles. The molecule has 3 aromatic rings. The number of fused-ring (bicyclic) bond motifs is 3. The van der Waals surface area contributed by atoms with Crippen LogP contribution in [-0.4, -0.2) is 66.7 Å². The average molecular weight is 494 g/mol. The number of halogens is 1. The second-order valence-corrected chi connectivity index (χ2v) is 10.3. The topological polar surface area (TPSA) is 57.8 Å². The van der Waals surface area contributed by atoms with Gasteiger partial charge in [-0.1, -0.05) is 23.7 Å². The second-order valence-electron chi connectivity index (χ2n) is 9.89. The fraction of sp³-hybridized carbons (Fsp3) is 0.464. The van der Waals surface area contributed by atoms with Crippen LogP contribution in [-0.2, 0) is 16.0 Å². The summed E-state index contributed by atoms with van der Waals surface area (Å²) >= 11 is 6.31. The van der Waals surface area contributed by atoms with E-state index in [1.165, 1.54) is 5.56 Å². The Bertz CT molecular complexity index is 1200. The number of carbonyl (C=O) groups is 1. The lowest BCUT2D eigenvalue weighted by Crippen LogP contribution is -2.41. The van der Waals surface area contributed by atoms with Gasteiger partial charge >= 0.3 is 0 Å². The number of carbonyl (C=O) groups excluding carboxylic acids is 1. The van der Waals surface area contributed by atoms with E-state index in [0.29, 0.717) is 6.61 Å². The van der Waals surface area contributed by atoms with Crippen LogP contribution in [0, 0.1) is 5.92 Å². The zero-order chi connectivity index (χ0) is 23.8. The summed E-state index contributed by atoms with van der Waals surface area (Å²) in [5, 5.41) is 1.90. The van der Waals surface area contributed by atoms with E-state index in [-0.39, 0.29) is 17.9 Å². The van der Waals surface area contributed by atoms with E-state index in [1.807, 2.05) is 30.3 Å². The number of ether oxygens (including phenoxy) is 2. The van der Waals surface area contributed by atoms with Gasteiger partial charge in [0.2, 0.25) is 5.91 Å². The van der Waals surface area contributed by atoms with E-state index in [0.717, 1.165) is 98.0 Å². The fourth-order valence-corrected chi connectivity index (χ4v) is 5.63. The number of amides is 1. The minimum absolute atomic E-state index is 0.117. The van der Waals surface area contributed by atoms with E-state index in [1.54, 1.807) is 0 Å². The molecule has 2 aliphatic heterocycles. The lowest BCUT2D eigenvalue weighted by Gasteiger charge is -2.36. The molecule has 1 atom stereocenters. The molecular formula is C28H32ClN3O3. The van der Waals surface area contributed by atoms with Gasteiger partial charge in [-0.25, -0.2) is 0 Å². The molecule has 0 spiro atoms. The molecule has 1 saturated heterocycles. The number of hydrogen-bond donors (Lipinski definition) is 1. The Labute approximate surface area is 211 Å². The molecule has 3 heterocycles. The summed E-state index contributed by atoms with van der Waals surface area (Å²) in [5.74, 6) is 1.34. The van der Waals surface area contributed by atoms with Crippen LogP contribution in [0.15, 0.2) is 42.5 Å². The van der Waals surface area contributed by atoms with E-state index in [2.05, 4.69) is 26.9 Å². The van der Waals surface area contributed by atoms with Crippen molar-refractivity contribution < 1.29 is 14.3 Å². The molecule has 1 aromatic heterocycles. The van der Waals surface area contributed by atoms with Gasteiger partial charge in [-0.3, -0.25) is 9.69 Å². The first-order valence-corrected chi connectivity index (χ1v) is 13.2.